The van der Waals surface area contributed by atoms with Gasteiger partial charge in [-0.25, -0.2) is 9.67 Å². The average molecular weight is 442 g/mol. The normalized spacial score (nSPS) is 11.8. The second-order valence-corrected chi connectivity index (χ2v) is 8.97. The Kier molecular flexibility index (Phi) is 4.19. The highest BCUT2D eigenvalue weighted by Gasteiger charge is 2.19. The van der Waals surface area contributed by atoms with Crippen LogP contribution in [0.25, 0.3) is 32.2 Å². The van der Waals surface area contributed by atoms with Crippen molar-refractivity contribution in [1.29, 1.82) is 0 Å². The van der Waals surface area contributed by atoms with E-state index in [4.69, 9.17) is 4.98 Å². The van der Waals surface area contributed by atoms with Gasteiger partial charge in [-0.2, -0.15) is 10.2 Å². The predicted octanol–water partition coefficient (Wildman–Crippen LogP) is 3.56. The molecular formula is C23H19N7OS. The van der Waals surface area contributed by atoms with E-state index in [9.17, 15) is 4.79 Å². The molecule has 9 heteroatoms. The van der Waals surface area contributed by atoms with Gasteiger partial charge in [0.1, 0.15) is 10.5 Å². The predicted molar refractivity (Wildman–Crippen MR) is 125 cm³/mol. The van der Waals surface area contributed by atoms with Gasteiger partial charge in [-0.1, -0.05) is 18.2 Å². The third-order valence-corrected chi connectivity index (χ3v) is 6.82. The quantitative estimate of drug-likeness (QED) is 0.451. The Bertz CT molecular complexity index is 1690. The van der Waals surface area contributed by atoms with Gasteiger partial charge in [-0.3, -0.25) is 14.9 Å². The number of H-pyrrole nitrogens is 1. The second-order valence-electron chi connectivity index (χ2n) is 7.88. The lowest BCUT2D eigenvalue weighted by molar-refractivity contribution is 0.647. The summed E-state index contributed by atoms with van der Waals surface area (Å²) in [7, 11) is 1.89. The Labute approximate surface area is 186 Å². The van der Waals surface area contributed by atoms with E-state index in [1.165, 1.54) is 4.68 Å². The first kappa shape index (κ1) is 18.9. The zero-order chi connectivity index (χ0) is 21.8. The van der Waals surface area contributed by atoms with Crippen molar-refractivity contribution in [2.75, 3.05) is 0 Å². The monoisotopic (exact) mass is 441 g/mol. The van der Waals surface area contributed by atoms with Gasteiger partial charge < -0.3 is 4.57 Å². The Morgan fingerprint density at radius 3 is 2.81 bits per heavy atom. The van der Waals surface area contributed by atoms with E-state index >= 15 is 0 Å². The number of pyridine rings is 1. The summed E-state index contributed by atoms with van der Waals surface area (Å²) in [5, 5.41) is 14.4. The van der Waals surface area contributed by atoms with Crippen LogP contribution in [-0.4, -0.2) is 34.5 Å². The topological polar surface area (TPSA) is 94.3 Å². The first-order valence-corrected chi connectivity index (χ1v) is 11.1. The van der Waals surface area contributed by atoms with Crippen LogP contribution in [0.3, 0.4) is 0 Å². The molecule has 0 bridgehead atoms. The molecule has 158 valence electrons. The lowest BCUT2D eigenvalue weighted by Gasteiger charge is -2.07. The minimum Gasteiger partial charge on any atom is -0.323 e. The van der Waals surface area contributed by atoms with Crippen molar-refractivity contribution in [2.24, 2.45) is 7.05 Å². The molecule has 0 unspecified atom stereocenters. The Morgan fingerprint density at radius 2 is 1.94 bits per heavy atom. The number of hydrogen-bond acceptors (Lipinski definition) is 6. The summed E-state index contributed by atoms with van der Waals surface area (Å²) in [5.41, 5.74) is 5.21. The molecule has 0 aliphatic carbocycles. The summed E-state index contributed by atoms with van der Waals surface area (Å²) in [5.74, 6) is 0. The maximum atomic E-state index is 13.3. The standard InChI is InChI=1S/C23H19N7OS/c1-13-5-3-7-15(26-13)9-19-27-22-21(32-19)17-11-25-30(23(31)20(17)29(22)2)12-14-6-4-8-18-16(14)10-24-28-18/h3-8,10-11H,9,12H2,1-2H3,(H,24,28). The number of nitrogens with zero attached hydrogens (tertiary/aromatic N) is 6. The zero-order valence-electron chi connectivity index (χ0n) is 17.5. The molecule has 0 atom stereocenters. The number of benzene rings is 1. The minimum atomic E-state index is -0.127. The third-order valence-electron chi connectivity index (χ3n) is 5.74. The van der Waals surface area contributed by atoms with Crippen LogP contribution < -0.4 is 5.56 Å². The molecule has 0 spiro atoms. The van der Waals surface area contributed by atoms with Crippen molar-refractivity contribution in [2.45, 2.75) is 19.9 Å². The molecule has 32 heavy (non-hydrogen) atoms. The molecule has 0 fully saturated rings. The van der Waals surface area contributed by atoms with Gasteiger partial charge in [0.25, 0.3) is 5.56 Å². The molecule has 0 saturated heterocycles. The molecule has 6 aromatic rings. The van der Waals surface area contributed by atoms with Gasteiger partial charge in [-0.05, 0) is 30.7 Å². The first-order chi connectivity index (χ1) is 15.6. The van der Waals surface area contributed by atoms with Gasteiger partial charge in [0, 0.05) is 35.6 Å². The molecule has 5 heterocycles. The lowest BCUT2D eigenvalue weighted by Crippen LogP contribution is -2.24. The molecule has 0 radical (unpaired) electrons. The fourth-order valence-electron chi connectivity index (χ4n) is 4.20. The van der Waals surface area contributed by atoms with E-state index in [1.54, 1.807) is 23.7 Å². The minimum absolute atomic E-state index is 0.127. The van der Waals surface area contributed by atoms with Crippen LogP contribution in [0.1, 0.15) is 22.0 Å². The van der Waals surface area contributed by atoms with E-state index in [2.05, 4.69) is 20.3 Å². The fourth-order valence-corrected chi connectivity index (χ4v) is 5.32. The van der Waals surface area contributed by atoms with Crippen LogP contribution in [0.5, 0.6) is 0 Å². The Balaban J connectivity index is 1.42. The van der Waals surface area contributed by atoms with Gasteiger partial charge in [0.2, 0.25) is 0 Å². The summed E-state index contributed by atoms with van der Waals surface area (Å²) < 4.78 is 4.37. The van der Waals surface area contributed by atoms with Crippen LogP contribution >= 0.6 is 11.3 Å². The van der Waals surface area contributed by atoms with Crippen LogP contribution in [0.4, 0.5) is 0 Å². The van der Waals surface area contributed by atoms with Gasteiger partial charge in [-0.15, -0.1) is 11.3 Å². The van der Waals surface area contributed by atoms with Crippen molar-refractivity contribution in [1.82, 2.24) is 34.5 Å². The number of aromatic nitrogens is 7. The number of thiazole rings is 1. The van der Waals surface area contributed by atoms with E-state index in [-0.39, 0.29) is 5.56 Å². The molecular weight excluding hydrogens is 422 g/mol. The average Bonchev–Trinajstić information content (AvgIpc) is 3.47. The van der Waals surface area contributed by atoms with Crippen LogP contribution in [-0.2, 0) is 20.0 Å². The molecule has 1 aromatic carbocycles. The number of aromatic amines is 1. The Morgan fingerprint density at radius 1 is 1.06 bits per heavy atom. The molecule has 0 aliphatic heterocycles. The lowest BCUT2D eigenvalue weighted by atomic mass is 10.1. The maximum Gasteiger partial charge on any atom is 0.291 e. The number of aryl methyl sites for hydroxylation is 2. The van der Waals surface area contributed by atoms with Crippen molar-refractivity contribution in [3.8, 4) is 0 Å². The number of hydrogen-bond donors (Lipinski definition) is 1. The smallest absolute Gasteiger partial charge is 0.291 e. The highest BCUT2D eigenvalue weighted by atomic mass is 32.1. The van der Waals surface area contributed by atoms with Gasteiger partial charge in [0.05, 0.1) is 29.2 Å². The number of nitrogens with one attached hydrogen (secondary N) is 1. The molecule has 0 amide bonds. The highest BCUT2D eigenvalue weighted by Crippen LogP contribution is 2.31. The van der Waals surface area contributed by atoms with Gasteiger partial charge in [0.15, 0.2) is 5.65 Å². The first-order valence-electron chi connectivity index (χ1n) is 10.3. The maximum absolute atomic E-state index is 13.3. The van der Waals surface area contributed by atoms with Crippen molar-refractivity contribution < 1.29 is 0 Å². The van der Waals surface area contributed by atoms with E-state index < -0.39 is 0 Å². The van der Waals surface area contributed by atoms with Crippen molar-refractivity contribution >= 4 is 43.5 Å². The van der Waals surface area contributed by atoms with Crippen LogP contribution in [0.15, 0.2) is 53.6 Å². The summed E-state index contributed by atoms with van der Waals surface area (Å²) in [6.07, 6.45) is 4.23. The van der Waals surface area contributed by atoms with Crippen LogP contribution in [0.2, 0.25) is 0 Å². The summed E-state index contributed by atoms with van der Waals surface area (Å²) >= 11 is 1.60. The number of rotatable bonds is 4. The molecule has 1 N–H and O–H groups in total. The highest BCUT2D eigenvalue weighted by molar-refractivity contribution is 7.19. The van der Waals surface area contributed by atoms with E-state index in [0.29, 0.717) is 18.5 Å². The van der Waals surface area contributed by atoms with Gasteiger partial charge >= 0.3 is 0 Å². The Hall–Kier alpha value is -3.85. The summed E-state index contributed by atoms with van der Waals surface area (Å²) in [6, 6.07) is 11.9. The largest absolute Gasteiger partial charge is 0.323 e. The molecule has 0 aliphatic rings. The second kappa shape index (κ2) is 7.10. The summed E-state index contributed by atoms with van der Waals surface area (Å²) in [6.45, 7) is 2.36. The fraction of sp³-hybridized carbons (Fsp3) is 0.174. The molecule has 6 rings (SSSR count). The van der Waals surface area contributed by atoms with E-state index in [0.717, 1.165) is 48.6 Å². The zero-order valence-corrected chi connectivity index (χ0v) is 18.3. The third kappa shape index (κ3) is 2.93. The molecule has 8 nitrogen and oxygen atoms in total. The van der Waals surface area contributed by atoms with Crippen molar-refractivity contribution in [3.05, 3.63) is 81.1 Å². The molecule has 0 saturated carbocycles. The summed E-state index contributed by atoms with van der Waals surface area (Å²) in [4.78, 5) is 22.7. The van der Waals surface area contributed by atoms with E-state index in [1.807, 2.05) is 54.9 Å². The van der Waals surface area contributed by atoms with Crippen molar-refractivity contribution in [3.63, 3.8) is 0 Å². The van der Waals surface area contributed by atoms with Crippen LogP contribution in [0, 0.1) is 6.92 Å². The SMILES string of the molecule is Cc1cccc(Cc2nc3c(s2)c2cnn(Cc4cccc5[nH]ncc45)c(=O)c2n3C)n1. The number of fused-ring (bicyclic) bond motifs is 4. The molecule has 5 aromatic heterocycles.